The molecule has 0 aromatic heterocycles. The molecule has 0 unspecified atom stereocenters. The number of rotatable bonds is 4. The van der Waals surface area contributed by atoms with Crippen LogP contribution in [0, 0.1) is 29.2 Å². The van der Waals surface area contributed by atoms with Crippen LogP contribution in [0.25, 0.3) is 0 Å². The minimum atomic E-state index is -1.05. The second kappa shape index (κ2) is 6.81. The Morgan fingerprint density at radius 1 is 1.00 bits per heavy atom. The highest BCUT2D eigenvalue weighted by atomic mass is 19.2. The van der Waals surface area contributed by atoms with E-state index in [9.17, 15) is 22.4 Å². The standard InChI is InChI=1S/C17H15F4NO/c1-10(5-11-6-12(18)8-13(19)7-11)17(23)22(2)14-3-4-15(20)16(21)9-14/h3-4,6-10H,5H2,1-2H3/t10-/m0/s1. The molecule has 0 heterocycles. The molecule has 0 saturated carbocycles. The molecular formula is C17H15F4NO. The third kappa shape index (κ3) is 4.09. The van der Waals surface area contributed by atoms with Crippen LogP contribution in [0.1, 0.15) is 12.5 Å². The first-order chi connectivity index (χ1) is 10.8. The van der Waals surface area contributed by atoms with Gasteiger partial charge < -0.3 is 4.90 Å². The van der Waals surface area contributed by atoms with Gasteiger partial charge in [-0.2, -0.15) is 0 Å². The van der Waals surface area contributed by atoms with Crippen LogP contribution in [0.5, 0.6) is 0 Å². The van der Waals surface area contributed by atoms with Crippen molar-refractivity contribution in [2.24, 2.45) is 5.92 Å². The van der Waals surface area contributed by atoms with Crippen molar-refractivity contribution in [1.29, 1.82) is 0 Å². The highest BCUT2D eigenvalue weighted by molar-refractivity contribution is 5.94. The average molecular weight is 325 g/mol. The first kappa shape index (κ1) is 17.0. The number of nitrogens with zero attached hydrogens (tertiary/aromatic N) is 1. The van der Waals surface area contributed by atoms with Gasteiger partial charge in [-0.25, -0.2) is 17.6 Å². The van der Waals surface area contributed by atoms with Crippen molar-refractivity contribution < 1.29 is 22.4 Å². The number of hydrogen-bond donors (Lipinski definition) is 0. The Balaban J connectivity index is 2.13. The lowest BCUT2D eigenvalue weighted by molar-refractivity contribution is -0.121. The SMILES string of the molecule is C[C@@H](Cc1cc(F)cc(F)c1)C(=O)N(C)c1ccc(F)c(F)c1. The molecule has 0 radical (unpaired) electrons. The van der Waals surface area contributed by atoms with Crippen LogP contribution in [0.3, 0.4) is 0 Å². The van der Waals surface area contributed by atoms with Gasteiger partial charge in [0.25, 0.3) is 0 Å². The summed E-state index contributed by atoms with van der Waals surface area (Å²) in [6.07, 6.45) is 0.127. The maximum absolute atomic E-state index is 13.2. The van der Waals surface area contributed by atoms with Gasteiger partial charge in [-0.15, -0.1) is 0 Å². The van der Waals surface area contributed by atoms with E-state index in [0.717, 1.165) is 30.3 Å². The van der Waals surface area contributed by atoms with Gasteiger partial charge in [0, 0.05) is 30.8 Å². The number of halogens is 4. The topological polar surface area (TPSA) is 20.3 Å². The van der Waals surface area contributed by atoms with Gasteiger partial charge in [0.15, 0.2) is 11.6 Å². The molecule has 2 rings (SSSR count). The predicted octanol–water partition coefficient (Wildman–Crippen LogP) is 4.08. The zero-order chi connectivity index (χ0) is 17.1. The smallest absolute Gasteiger partial charge is 0.229 e. The van der Waals surface area contributed by atoms with Crippen LogP contribution in [-0.2, 0) is 11.2 Å². The van der Waals surface area contributed by atoms with E-state index in [4.69, 9.17) is 0 Å². The van der Waals surface area contributed by atoms with Crippen molar-refractivity contribution in [2.45, 2.75) is 13.3 Å². The monoisotopic (exact) mass is 325 g/mol. The minimum absolute atomic E-state index is 0.127. The summed E-state index contributed by atoms with van der Waals surface area (Å²) < 4.78 is 52.5. The summed E-state index contributed by atoms with van der Waals surface area (Å²) >= 11 is 0. The second-order valence-electron chi connectivity index (χ2n) is 5.38. The third-order valence-corrected chi connectivity index (χ3v) is 3.51. The highest BCUT2D eigenvalue weighted by Gasteiger charge is 2.20. The van der Waals surface area contributed by atoms with Crippen molar-refractivity contribution >= 4 is 11.6 Å². The number of amides is 1. The summed E-state index contributed by atoms with van der Waals surface area (Å²) in [5.41, 5.74) is 0.549. The van der Waals surface area contributed by atoms with Gasteiger partial charge in [0.1, 0.15) is 11.6 Å². The molecule has 2 aromatic rings. The maximum atomic E-state index is 13.2. The van der Waals surface area contributed by atoms with Crippen LogP contribution >= 0.6 is 0 Å². The molecular weight excluding hydrogens is 310 g/mol. The molecule has 1 atom stereocenters. The van der Waals surface area contributed by atoms with Crippen LogP contribution in [0.2, 0.25) is 0 Å². The summed E-state index contributed by atoms with van der Waals surface area (Å²) in [7, 11) is 1.43. The molecule has 0 aliphatic carbocycles. The summed E-state index contributed by atoms with van der Waals surface area (Å²) in [6.45, 7) is 1.60. The second-order valence-corrected chi connectivity index (χ2v) is 5.38. The number of benzene rings is 2. The van der Waals surface area contributed by atoms with E-state index in [2.05, 4.69) is 0 Å². The molecule has 1 amide bonds. The van der Waals surface area contributed by atoms with Gasteiger partial charge in [-0.1, -0.05) is 6.92 Å². The molecule has 0 bridgehead atoms. The van der Waals surface area contributed by atoms with E-state index in [1.807, 2.05) is 0 Å². The predicted molar refractivity (Wildman–Crippen MR) is 79.0 cm³/mol. The Hall–Kier alpha value is -2.37. The first-order valence-electron chi connectivity index (χ1n) is 6.95. The molecule has 0 saturated heterocycles. The Kier molecular flexibility index (Phi) is 5.03. The Bertz CT molecular complexity index is 712. The van der Waals surface area contributed by atoms with E-state index >= 15 is 0 Å². The van der Waals surface area contributed by atoms with Crippen molar-refractivity contribution in [3.63, 3.8) is 0 Å². The molecule has 6 heteroatoms. The fraction of sp³-hybridized carbons (Fsp3) is 0.235. The van der Waals surface area contributed by atoms with E-state index in [1.54, 1.807) is 6.92 Å². The van der Waals surface area contributed by atoms with Crippen molar-refractivity contribution in [2.75, 3.05) is 11.9 Å². The van der Waals surface area contributed by atoms with E-state index < -0.39 is 29.2 Å². The number of carbonyl (C=O) groups is 1. The third-order valence-electron chi connectivity index (χ3n) is 3.51. The van der Waals surface area contributed by atoms with Gasteiger partial charge in [0.2, 0.25) is 5.91 Å². The summed E-state index contributed by atoms with van der Waals surface area (Å²) in [5, 5.41) is 0. The molecule has 0 spiro atoms. The molecule has 0 aliphatic heterocycles. The van der Waals surface area contributed by atoms with Crippen LogP contribution in [0.4, 0.5) is 23.2 Å². The van der Waals surface area contributed by atoms with Crippen LogP contribution in [0.15, 0.2) is 36.4 Å². The molecule has 2 nitrogen and oxygen atoms in total. The summed E-state index contributed by atoms with van der Waals surface area (Å²) in [4.78, 5) is 13.5. The Labute approximate surface area is 131 Å². The number of hydrogen-bond acceptors (Lipinski definition) is 1. The zero-order valence-corrected chi connectivity index (χ0v) is 12.6. The van der Waals surface area contributed by atoms with Crippen LogP contribution < -0.4 is 4.90 Å². The largest absolute Gasteiger partial charge is 0.315 e. The molecule has 122 valence electrons. The lowest BCUT2D eigenvalue weighted by atomic mass is 9.99. The van der Waals surface area contributed by atoms with Gasteiger partial charge in [-0.05, 0) is 36.2 Å². The van der Waals surface area contributed by atoms with E-state index in [-0.39, 0.29) is 18.0 Å². The highest BCUT2D eigenvalue weighted by Crippen LogP contribution is 2.20. The minimum Gasteiger partial charge on any atom is -0.315 e. The molecule has 0 N–H and O–H groups in total. The maximum Gasteiger partial charge on any atom is 0.229 e. The van der Waals surface area contributed by atoms with Gasteiger partial charge in [0.05, 0.1) is 0 Å². The number of carbonyl (C=O) groups excluding carboxylic acids is 1. The zero-order valence-electron chi connectivity index (χ0n) is 12.6. The van der Waals surface area contributed by atoms with Crippen molar-refractivity contribution in [3.8, 4) is 0 Å². The van der Waals surface area contributed by atoms with Gasteiger partial charge >= 0.3 is 0 Å². The fourth-order valence-corrected chi connectivity index (χ4v) is 2.32. The van der Waals surface area contributed by atoms with Crippen molar-refractivity contribution in [3.05, 3.63) is 65.2 Å². The quantitative estimate of drug-likeness (QED) is 0.776. The normalized spacial score (nSPS) is 12.1. The average Bonchev–Trinajstić information content (AvgIpc) is 2.47. The van der Waals surface area contributed by atoms with Gasteiger partial charge in [-0.3, -0.25) is 4.79 Å². The molecule has 0 fully saturated rings. The number of anilines is 1. The molecule has 2 aromatic carbocycles. The Morgan fingerprint density at radius 3 is 2.17 bits per heavy atom. The molecule has 0 aliphatic rings. The summed E-state index contributed by atoms with van der Waals surface area (Å²) in [5.74, 6) is -4.45. The first-order valence-corrected chi connectivity index (χ1v) is 6.95. The summed E-state index contributed by atoms with van der Waals surface area (Å²) in [6, 6.07) is 6.20. The van der Waals surface area contributed by atoms with Crippen LogP contribution in [-0.4, -0.2) is 13.0 Å². The van der Waals surface area contributed by atoms with E-state index in [0.29, 0.717) is 5.56 Å². The van der Waals surface area contributed by atoms with E-state index in [1.165, 1.54) is 18.0 Å². The Morgan fingerprint density at radius 2 is 1.61 bits per heavy atom. The molecule has 23 heavy (non-hydrogen) atoms. The lowest BCUT2D eigenvalue weighted by Gasteiger charge is -2.22. The lowest BCUT2D eigenvalue weighted by Crippen LogP contribution is -2.32. The van der Waals surface area contributed by atoms with Crippen molar-refractivity contribution in [1.82, 2.24) is 0 Å². The fourth-order valence-electron chi connectivity index (χ4n) is 2.32.